The largest absolute Gasteiger partial charge is 0.478 e. The highest BCUT2D eigenvalue weighted by molar-refractivity contribution is 7.81. The maximum absolute atomic E-state index is 13.7. The zero-order chi connectivity index (χ0) is 16.3. The van der Waals surface area contributed by atoms with E-state index in [1.165, 1.54) is 7.05 Å². The summed E-state index contributed by atoms with van der Waals surface area (Å²) in [5, 5.41) is 11.5. The number of aromatic carboxylic acids is 1. The van der Waals surface area contributed by atoms with Gasteiger partial charge >= 0.3 is 5.97 Å². The molecule has 1 heterocycles. The zero-order valence-corrected chi connectivity index (χ0v) is 12.7. The number of amides is 1. The average Bonchev–Trinajstić information content (AvgIpc) is 3.00. The zero-order valence-electron chi connectivity index (χ0n) is 11.9. The van der Waals surface area contributed by atoms with E-state index >= 15 is 0 Å². The van der Waals surface area contributed by atoms with E-state index in [0.29, 0.717) is 13.1 Å². The first-order chi connectivity index (χ1) is 10.4. The van der Waals surface area contributed by atoms with Gasteiger partial charge in [0.1, 0.15) is 5.82 Å². The first kappa shape index (κ1) is 16.4. The maximum Gasteiger partial charge on any atom is 0.338 e. The second-order valence-electron chi connectivity index (χ2n) is 4.75. The van der Waals surface area contributed by atoms with E-state index in [-0.39, 0.29) is 11.3 Å². The Morgan fingerprint density at radius 1 is 1.27 bits per heavy atom. The van der Waals surface area contributed by atoms with Crippen molar-refractivity contribution < 1.29 is 23.3 Å². The number of carboxylic acid groups (broad SMARTS) is 1. The van der Waals surface area contributed by atoms with Gasteiger partial charge in [-0.3, -0.25) is 9.52 Å². The van der Waals surface area contributed by atoms with E-state index in [1.54, 1.807) is 4.31 Å². The van der Waals surface area contributed by atoms with Crippen LogP contribution >= 0.6 is 0 Å². The fraction of sp³-hybridized carbons (Fsp3) is 0.385. The minimum absolute atomic E-state index is 0.0995. The molecule has 1 aromatic rings. The van der Waals surface area contributed by atoms with Crippen LogP contribution in [0.3, 0.4) is 0 Å². The summed E-state index contributed by atoms with van der Waals surface area (Å²) >= 11 is -1.69. The van der Waals surface area contributed by atoms with Crippen LogP contribution < -0.4 is 10.0 Å². The minimum Gasteiger partial charge on any atom is -0.478 e. The Bertz CT molecular complexity index is 632. The smallest absolute Gasteiger partial charge is 0.338 e. The normalized spacial score (nSPS) is 16.3. The van der Waals surface area contributed by atoms with Crippen LogP contribution in [0.4, 0.5) is 10.1 Å². The Morgan fingerprint density at radius 2 is 1.91 bits per heavy atom. The van der Waals surface area contributed by atoms with Crippen LogP contribution in [-0.2, 0) is 11.2 Å². The molecule has 1 aromatic carbocycles. The molecule has 0 bridgehead atoms. The molecule has 0 aliphatic carbocycles. The number of anilines is 1. The van der Waals surface area contributed by atoms with Gasteiger partial charge in [0.25, 0.3) is 5.91 Å². The highest BCUT2D eigenvalue weighted by Crippen LogP contribution is 2.21. The average molecular weight is 329 g/mol. The van der Waals surface area contributed by atoms with Gasteiger partial charge < -0.3 is 10.4 Å². The molecular formula is C13H16FN3O4S. The quantitative estimate of drug-likeness (QED) is 0.748. The summed E-state index contributed by atoms with van der Waals surface area (Å²) in [6.07, 6.45) is 1.82. The summed E-state index contributed by atoms with van der Waals surface area (Å²) in [5.74, 6) is -3.18. The van der Waals surface area contributed by atoms with Crippen LogP contribution in [0.5, 0.6) is 0 Å². The summed E-state index contributed by atoms with van der Waals surface area (Å²) in [7, 11) is 1.48. The van der Waals surface area contributed by atoms with E-state index in [2.05, 4.69) is 10.0 Å². The summed E-state index contributed by atoms with van der Waals surface area (Å²) < 4.78 is 29.6. The summed E-state index contributed by atoms with van der Waals surface area (Å²) in [6, 6.07) is 1.86. The minimum atomic E-state index is -1.69. The number of carboxylic acids is 1. The summed E-state index contributed by atoms with van der Waals surface area (Å²) in [5.41, 5.74) is -0.492. The Kier molecular flexibility index (Phi) is 5.09. The molecule has 1 saturated heterocycles. The van der Waals surface area contributed by atoms with E-state index in [9.17, 15) is 18.2 Å². The van der Waals surface area contributed by atoms with Gasteiger partial charge in [-0.1, -0.05) is 0 Å². The van der Waals surface area contributed by atoms with Gasteiger partial charge in [-0.15, -0.1) is 0 Å². The third kappa shape index (κ3) is 3.42. The number of nitrogens with zero attached hydrogens (tertiary/aromatic N) is 1. The van der Waals surface area contributed by atoms with Crippen molar-refractivity contribution >= 4 is 28.7 Å². The van der Waals surface area contributed by atoms with Gasteiger partial charge in [0.05, 0.1) is 11.1 Å². The Balaban J connectivity index is 2.23. The molecule has 1 amide bonds. The monoisotopic (exact) mass is 329 g/mol. The van der Waals surface area contributed by atoms with Gasteiger partial charge in [-0.2, -0.15) is 0 Å². The molecule has 1 unspecified atom stereocenters. The number of halogens is 1. The third-order valence-corrected chi connectivity index (χ3v) is 4.53. The van der Waals surface area contributed by atoms with Gasteiger partial charge in [0, 0.05) is 25.8 Å². The molecule has 7 nitrogen and oxygen atoms in total. The van der Waals surface area contributed by atoms with E-state index in [4.69, 9.17) is 5.11 Å². The van der Waals surface area contributed by atoms with Crippen molar-refractivity contribution in [3.8, 4) is 0 Å². The molecule has 0 radical (unpaired) electrons. The fourth-order valence-electron chi connectivity index (χ4n) is 2.18. The van der Waals surface area contributed by atoms with Crippen molar-refractivity contribution in [1.82, 2.24) is 9.03 Å². The van der Waals surface area contributed by atoms with Crippen molar-refractivity contribution in [3.05, 3.63) is 29.1 Å². The second kappa shape index (κ2) is 6.84. The van der Waals surface area contributed by atoms with E-state index in [1.807, 2.05) is 0 Å². The van der Waals surface area contributed by atoms with Crippen molar-refractivity contribution in [3.63, 3.8) is 0 Å². The van der Waals surface area contributed by atoms with Gasteiger partial charge in [0.2, 0.25) is 0 Å². The predicted octanol–water partition coefficient (Wildman–Crippen LogP) is 0.970. The molecule has 9 heteroatoms. The number of hydrogen-bond acceptors (Lipinski definition) is 4. The van der Waals surface area contributed by atoms with Crippen LogP contribution in [0.2, 0.25) is 0 Å². The second-order valence-corrected chi connectivity index (χ2v) is 5.97. The molecule has 22 heavy (non-hydrogen) atoms. The number of carbonyl (C=O) groups is 2. The number of benzene rings is 1. The lowest BCUT2D eigenvalue weighted by Gasteiger charge is -2.15. The molecule has 0 saturated carbocycles. The Morgan fingerprint density at radius 3 is 2.45 bits per heavy atom. The first-order valence-electron chi connectivity index (χ1n) is 6.66. The van der Waals surface area contributed by atoms with Crippen molar-refractivity contribution in [1.29, 1.82) is 0 Å². The first-order valence-corrected chi connectivity index (χ1v) is 7.77. The molecule has 0 aromatic heterocycles. The van der Waals surface area contributed by atoms with Crippen molar-refractivity contribution in [2.24, 2.45) is 0 Å². The molecule has 2 rings (SSSR count). The molecule has 1 atom stereocenters. The Hall–Kier alpha value is -2.00. The third-order valence-electron chi connectivity index (χ3n) is 3.33. The predicted molar refractivity (Wildman–Crippen MR) is 79.3 cm³/mol. The molecular weight excluding hydrogens is 313 g/mol. The highest BCUT2D eigenvalue weighted by atomic mass is 32.2. The lowest BCUT2D eigenvalue weighted by Crippen LogP contribution is -2.37. The Labute approximate surface area is 129 Å². The van der Waals surface area contributed by atoms with Crippen LogP contribution in [0.15, 0.2) is 12.1 Å². The molecule has 0 spiro atoms. The number of rotatable bonds is 5. The van der Waals surface area contributed by atoms with Gasteiger partial charge in [0.15, 0.2) is 11.2 Å². The number of hydrogen-bond donors (Lipinski definition) is 3. The topological polar surface area (TPSA) is 98.7 Å². The van der Waals surface area contributed by atoms with Crippen LogP contribution in [-0.4, -0.2) is 45.6 Å². The van der Waals surface area contributed by atoms with Crippen LogP contribution in [0.1, 0.15) is 33.6 Å². The van der Waals surface area contributed by atoms with E-state index < -0.39 is 34.4 Å². The van der Waals surface area contributed by atoms with E-state index in [0.717, 1.165) is 25.0 Å². The standard InChI is InChI=1S/C13H16FN3O4S/c1-15-11-7-8(13(19)20)10(14)6-9(11)12(18)16-22(21)17-4-2-3-5-17/h6-7,15H,2-5H2,1H3,(H,16,18)(H,19,20). The molecule has 120 valence electrons. The summed E-state index contributed by atoms with van der Waals surface area (Å²) in [4.78, 5) is 23.0. The summed E-state index contributed by atoms with van der Waals surface area (Å²) in [6.45, 7) is 1.25. The van der Waals surface area contributed by atoms with Crippen LogP contribution in [0, 0.1) is 5.82 Å². The molecule has 1 fully saturated rings. The SMILES string of the molecule is CNc1cc(C(=O)O)c(F)cc1C(=O)NS(=O)N1CCCC1. The van der Waals surface area contributed by atoms with Gasteiger partial charge in [-0.05, 0) is 25.0 Å². The molecule has 1 aliphatic heterocycles. The highest BCUT2D eigenvalue weighted by Gasteiger charge is 2.23. The van der Waals surface area contributed by atoms with Gasteiger partial charge in [-0.25, -0.2) is 17.7 Å². The van der Waals surface area contributed by atoms with Crippen molar-refractivity contribution in [2.75, 3.05) is 25.5 Å². The molecule has 3 N–H and O–H groups in total. The lowest BCUT2D eigenvalue weighted by molar-refractivity contribution is 0.0691. The molecule has 1 aliphatic rings. The fourth-order valence-corrected chi connectivity index (χ4v) is 3.17. The van der Waals surface area contributed by atoms with Crippen LogP contribution in [0.25, 0.3) is 0 Å². The lowest BCUT2D eigenvalue weighted by atomic mass is 10.1. The maximum atomic E-state index is 13.7. The van der Waals surface area contributed by atoms with Crippen molar-refractivity contribution in [2.45, 2.75) is 12.8 Å². The number of carbonyl (C=O) groups excluding carboxylic acids is 1. The number of nitrogens with one attached hydrogen (secondary N) is 2.